The first kappa shape index (κ1) is 12.4. The van der Waals surface area contributed by atoms with Gasteiger partial charge in [-0.05, 0) is 18.1 Å². The van der Waals surface area contributed by atoms with Crippen molar-refractivity contribution in [2.24, 2.45) is 5.92 Å². The molecule has 5 nitrogen and oxygen atoms in total. The van der Waals surface area contributed by atoms with E-state index in [1.54, 1.807) is 0 Å². The molecule has 16 heavy (non-hydrogen) atoms. The number of carbonyl (C=O) groups is 1. The maximum Gasteiger partial charge on any atom is 0.335 e. The number of hydrogen-bond donors (Lipinski definition) is 3. The van der Waals surface area contributed by atoms with Gasteiger partial charge in [0.2, 0.25) is 0 Å². The summed E-state index contributed by atoms with van der Waals surface area (Å²) in [6, 6.07) is 2.75. The average molecular weight is 224 g/mol. The second-order valence-corrected chi connectivity index (χ2v) is 3.91. The summed E-state index contributed by atoms with van der Waals surface area (Å²) >= 11 is 0. The van der Waals surface area contributed by atoms with E-state index in [1.165, 1.54) is 18.3 Å². The lowest BCUT2D eigenvalue weighted by Gasteiger charge is -2.20. The highest BCUT2D eigenvalue weighted by atomic mass is 16.4. The number of carboxylic acids is 1. The Kier molecular flexibility index (Phi) is 4.25. The maximum atomic E-state index is 10.7. The zero-order valence-corrected chi connectivity index (χ0v) is 9.34. The van der Waals surface area contributed by atoms with E-state index in [4.69, 9.17) is 10.2 Å². The zero-order valence-electron chi connectivity index (χ0n) is 9.34. The third-order valence-corrected chi connectivity index (χ3v) is 2.34. The minimum Gasteiger partial charge on any atom is -0.478 e. The van der Waals surface area contributed by atoms with Crippen molar-refractivity contribution < 1.29 is 15.0 Å². The molecule has 1 aromatic rings. The molecule has 0 aliphatic heterocycles. The van der Waals surface area contributed by atoms with Crippen LogP contribution in [-0.2, 0) is 0 Å². The Balaban J connectivity index is 2.80. The molecule has 3 N–H and O–H groups in total. The molecule has 1 heterocycles. The molecule has 1 aromatic heterocycles. The Morgan fingerprint density at radius 3 is 2.75 bits per heavy atom. The summed E-state index contributed by atoms with van der Waals surface area (Å²) in [5.74, 6) is -0.288. The molecular formula is C11H16N2O3. The molecule has 0 amide bonds. The number of pyridine rings is 1. The lowest BCUT2D eigenvalue weighted by molar-refractivity contribution is 0.0697. The van der Waals surface area contributed by atoms with Crippen molar-refractivity contribution in [3.05, 3.63) is 23.9 Å². The van der Waals surface area contributed by atoms with Crippen LogP contribution in [0.15, 0.2) is 18.3 Å². The molecule has 0 saturated carbocycles. The van der Waals surface area contributed by atoms with Gasteiger partial charge in [0.1, 0.15) is 5.82 Å². The maximum absolute atomic E-state index is 10.7. The molecule has 0 saturated heterocycles. The fourth-order valence-corrected chi connectivity index (χ4v) is 1.26. The van der Waals surface area contributed by atoms with Crippen molar-refractivity contribution in [1.29, 1.82) is 0 Å². The first-order valence-corrected chi connectivity index (χ1v) is 5.11. The van der Waals surface area contributed by atoms with Crippen LogP contribution in [0.5, 0.6) is 0 Å². The molecule has 0 aliphatic rings. The van der Waals surface area contributed by atoms with Gasteiger partial charge in [-0.1, -0.05) is 13.8 Å². The summed E-state index contributed by atoms with van der Waals surface area (Å²) in [7, 11) is 0. The van der Waals surface area contributed by atoms with Gasteiger partial charge < -0.3 is 15.5 Å². The van der Waals surface area contributed by atoms with Gasteiger partial charge in [0.05, 0.1) is 18.2 Å². The Morgan fingerprint density at radius 1 is 1.56 bits per heavy atom. The van der Waals surface area contributed by atoms with Gasteiger partial charge in [-0.15, -0.1) is 0 Å². The Labute approximate surface area is 94.1 Å². The third-order valence-electron chi connectivity index (χ3n) is 2.34. The second-order valence-electron chi connectivity index (χ2n) is 3.91. The molecule has 5 heteroatoms. The van der Waals surface area contributed by atoms with Gasteiger partial charge in [0.15, 0.2) is 0 Å². The molecule has 0 aliphatic carbocycles. The number of aliphatic hydroxyl groups is 1. The molecule has 0 fully saturated rings. The summed E-state index contributed by atoms with van der Waals surface area (Å²) in [6.45, 7) is 3.92. The van der Waals surface area contributed by atoms with Crippen molar-refractivity contribution >= 4 is 11.8 Å². The van der Waals surface area contributed by atoms with Crippen molar-refractivity contribution in [2.45, 2.75) is 19.9 Å². The van der Waals surface area contributed by atoms with E-state index < -0.39 is 5.97 Å². The number of anilines is 1. The monoisotopic (exact) mass is 224 g/mol. The van der Waals surface area contributed by atoms with Crippen LogP contribution in [0.3, 0.4) is 0 Å². The molecule has 1 unspecified atom stereocenters. The number of aromatic carboxylic acids is 1. The molecule has 0 aromatic carbocycles. The number of rotatable bonds is 5. The minimum absolute atomic E-state index is 0.0172. The summed E-state index contributed by atoms with van der Waals surface area (Å²) < 4.78 is 0. The summed E-state index contributed by atoms with van der Waals surface area (Å²) in [5, 5.41) is 20.9. The van der Waals surface area contributed by atoms with Gasteiger partial charge in [-0.25, -0.2) is 9.78 Å². The van der Waals surface area contributed by atoms with Crippen molar-refractivity contribution in [3.8, 4) is 0 Å². The Bertz CT molecular complexity index is 366. The van der Waals surface area contributed by atoms with Gasteiger partial charge in [-0.2, -0.15) is 0 Å². The van der Waals surface area contributed by atoms with Gasteiger partial charge in [0.25, 0.3) is 0 Å². The first-order valence-electron chi connectivity index (χ1n) is 5.11. The van der Waals surface area contributed by atoms with E-state index in [0.717, 1.165) is 0 Å². The van der Waals surface area contributed by atoms with E-state index in [0.29, 0.717) is 5.82 Å². The SMILES string of the molecule is CC(C)C(CO)Nc1cc(C(=O)O)ccn1. The molecule has 0 spiro atoms. The topological polar surface area (TPSA) is 82.5 Å². The lowest BCUT2D eigenvalue weighted by Crippen LogP contribution is -2.29. The van der Waals surface area contributed by atoms with Crippen LogP contribution in [0.4, 0.5) is 5.82 Å². The highest BCUT2D eigenvalue weighted by Gasteiger charge is 2.13. The standard InChI is InChI=1S/C11H16N2O3/c1-7(2)9(6-14)13-10-5-8(11(15)16)3-4-12-10/h3-5,7,9,14H,6H2,1-2H3,(H,12,13)(H,15,16). The summed E-state index contributed by atoms with van der Waals surface area (Å²) in [6.07, 6.45) is 1.43. The normalized spacial score (nSPS) is 12.5. The number of nitrogens with one attached hydrogen (secondary N) is 1. The van der Waals surface area contributed by atoms with Crippen LogP contribution < -0.4 is 5.32 Å². The van der Waals surface area contributed by atoms with Crippen molar-refractivity contribution in [3.63, 3.8) is 0 Å². The molecule has 88 valence electrons. The van der Waals surface area contributed by atoms with E-state index in [-0.39, 0.29) is 24.1 Å². The smallest absolute Gasteiger partial charge is 0.335 e. The zero-order chi connectivity index (χ0) is 12.1. The number of carboxylic acid groups (broad SMARTS) is 1. The quantitative estimate of drug-likeness (QED) is 0.700. The number of aliphatic hydroxyl groups excluding tert-OH is 1. The fraction of sp³-hybridized carbons (Fsp3) is 0.455. The summed E-state index contributed by atoms with van der Waals surface area (Å²) in [5.41, 5.74) is 0.179. The van der Waals surface area contributed by atoms with Crippen molar-refractivity contribution in [1.82, 2.24) is 4.98 Å². The molecule has 0 bridgehead atoms. The predicted molar refractivity (Wildman–Crippen MR) is 60.5 cm³/mol. The number of aromatic nitrogens is 1. The summed E-state index contributed by atoms with van der Waals surface area (Å²) in [4.78, 5) is 14.7. The highest BCUT2D eigenvalue weighted by Crippen LogP contribution is 2.11. The lowest BCUT2D eigenvalue weighted by atomic mass is 10.1. The fourth-order valence-electron chi connectivity index (χ4n) is 1.26. The van der Waals surface area contributed by atoms with E-state index in [9.17, 15) is 4.79 Å². The highest BCUT2D eigenvalue weighted by molar-refractivity contribution is 5.88. The van der Waals surface area contributed by atoms with E-state index in [2.05, 4.69) is 10.3 Å². The third kappa shape index (κ3) is 3.20. The van der Waals surface area contributed by atoms with Crippen LogP contribution in [-0.4, -0.2) is 33.8 Å². The Morgan fingerprint density at radius 2 is 2.25 bits per heavy atom. The largest absolute Gasteiger partial charge is 0.478 e. The number of nitrogens with zero attached hydrogens (tertiary/aromatic N) is 1. The van der Waals surface area contributed by atoms with Crippen LogP contribution >= 0.6 is 0 Å². The van der Waals surface area contributed by atoms with Gasteiger partial charge in [0, 0.05) is 6.20 Å². The van der Waals surface area contributed by atoms with Crippen molar-refractivity contribution in [2.75, 3.05) is 11.9 Å². The van der Waals surface area contributed by atoms with Crippen LogP contribution in [0.2, 0.25) is 0 Å². The number of hydrogen-bond acceptors (Lipinski definition) is 4. The Hall–Kier alpha value is -1.62. The molecule has 1 rings (SSSR count). The molecular weight excluding hydrogens is 208 g/mol. The van der Waals surface area contributed by atoms with E-state index in [1.807, 2.05) is 13.8 Å². The predicted octanol–water partition coefficient (Wildman–Crippen LogP) is 1.21. The average Bonchev–Trinajstić information content (AvgIpc) is 2.25. The molecule has 0 radical (unpaired) electrons. The molecule has 1 atom stereocenters. The van der Waals surface area contributed by atoms with Gasteiger partial charge in [-0.3, -0.25) is 0 Å². The van der Waals surface area contributed by atoms with Crippen LogP contribution in [0.1, 0.15) is 24.2 Å². The van der Waals surface area contributed by atoms with Gasteiger partial charge >= 0.3 is 5.97 Å². The van der Waals surface area contributed by atoms with E-state index >= 15 is 0 Å². The first-order chi connectivity index (χ1) is 7.54. The van der Waals surface area contributed by atoms with Crippen LogP contribution in [0, 0.1) is 5.92 Å². The van der Waals surface area contributed by atoms with Crippen LogP contribution in [0.25, 0.3) is 0 Å². The minimum atomic E-state index is -0.990. The second kappa shape index (κ2) is 5.46.